The molecule has 0 bridgehead atoms. The molecule has 1 saturated heterocycles. The molecule has 0 aromatic carbocycles. The van der Waals surface area contributed by atoms with Gasteiger partial charge in [0.15, 0.2) is 0 Å². The summed E-state index contributed by atoms with van der Waals surface area (Å²) < 4.78 is 0. The first kappa shape index (κ1) is 16.9. The number of nitrogens with zero attached hydrogens (tertiary/aromatic N) is 2. The van der Waals surface area contributed by atoms with Gasteiger partial charge in [0.1, 0.15) is 0 Å². The maximum Gasteiger partial charge on any atom is 0.0302 e. The van der Waals surface area contributed by atoms with Gasteiger partial charge < -0.3 is 10.2 Å². The fourth-order valence-electron chi connectivity index (χ4n) is 2.97. The van der Waals surface area contributed by atoms with Crippen molar-refractivity contribution >= 4 is 11.3 Å². The molecule has 1 aromatic rings. The molecule has 0 aliphatic carbocycles. The molecule has 2 rings (SSSR count). The lowest BCUT2D eigenvalue weighted by molar-refractivity contribution is 0.128. The first-order valence-electron chi connectivity index (χ1n) is 8.16. The van der Waals surface area contributed by atoms with Crippen molar-refractivity contribution in [3.8, 4) is 0 Å². The molecule has 4 heteroatoms. The molecule has 3 nitrogen and oxygen atoms in total. The normalized spacial score (nSPS) is 20.6. The van der Waals surface area contributed by atoms with Gasteiger partial charge in [-0.15, -0.1) is 11.3 Å². The standard InChI is InChI=1S/C17H31N3S/c1-13(2)18-10-17-9-15(14(3)21-17)11-20-8-6-7-16(12-20)19(4)5/h9,13,16,18H,6-8,10-12H2,1-5H3. The number of aryl methyl sites for hydroxylation is 1. The van der Waals surface area contributed by atoms with Crippen LogP contribution in [0.1, 0.15) is 42.0 Å². The molecular formula is C17H31N3S. The van der Waals surface area contributed by atoms with E-state index in [2.05, 4.69) is 56.0 Å². The van der Waals surface area contributed by atoms with E-state index in [1.165, 1.54) is 41.2 Å². The Morgan fingerprint density at radius 1 is 1.43 bits per heavy atom. The monoisotopic (exact) mass is 309 g/mol. The van der Waals surface area contributed by atoms with E-state index in [9.17, 15) is 0 Å². The Morgan fingerprint density at radius 3 is 2.86 bits per heavy atom. The van der Waals surface area contributed by atoms with Crippen molar-refractivity contribution in [3.05, 3.63) is 21.4 Å². The van der Waals surface area contributed by atoms with Crippen molar-refractivity contribution in [1.82, 2.24) is 15.1 Å². The Kier molecular flexibility index (Phi) is 6.23. The third kappa shape index (κ3) is 5.06. The molecule has 1 N–H and O–H groups in total. The molecule has 2 heterocycles. The Hall–Kier alpha value is -0.420. The predicted octanol–water partition coefficient (Wildman–Crippen LogP) is 3.08. The number of nitrogens with one attached hydrogen (secondary N) is 1. The molecular weight excluding hydrogens is 278 g/mol. The highest BCUT2D eigenvalue weighted by Gasteiger charge is 2.22. The lowest BCUT2D eigenvalue weighted by Gasteiger charge is -2.36. The van der Waals surface area contributed by atoms with Crippen molar-refractivity contribution in [2.24, 2.45) is 0 Å². The van der Waals surface area contributed by atoms with Crippen molar-refractivity contribution in [2.75, 3.05) is 27.2 Å². The SMILES string of the molecule is Cc1sc(CNC(C)C)cc1CN1CCCC(N(C)C)C1. The largest absolute Gasteiger partial charge is 0.310 e. The second-order valence-electron chi connectivity index (χ2n) is 6.82. The Balaban J connectivity index is 1.93. The van der Waals surface area contributed by atoms with Gasteiger partial charge >= 0.3 is 0 Å². The summed E-state index contributed by atoms with van der Waals surface area (Å²) in [6.07, 6.45) is 2.67. The van der Waals surface area contributed by atoms with Crippen LogP contribution in [0, 0.1) is 6.92 Å². The molecule has 21 heavy (non-hydrogen) atoms. The number of hydrogen-bond donors (Lipinski definition) is 1. The third-order valence-corrected chi connectivity index (χ3v) is 5.45. The van der Waals surface area contributed by atoms with Crippen molar-refractivity contribution in [1.29, 1.82) is 0 Å². The first-order chi connectivity index (χ1) is 9.95. The van der Waals surface area contributed by atoms with Crippen LogP contribution in [-0.4, -0.2) is 49.1 Å². The summed E-state index contributed by atoms with van der Waals surface area (Å²) in [5.41, 5.74) is 1.53. The summed E-state index contributed by atoms with van der Waals surface area (Å²) in [5, 5.41) is 3.52. The zero-order chi connectivity index (χ0) is 15.4. The minimum atomic E-state index is 0.554. The summed E-state index contributed by atoms with van der Waals surface area (Å²) in [4.78, 5) is 7.97. The van der Waals surface area contributed by atoms with E-state index in [4.69, 9.17) is 0 Å². The highest BCUT2D eigenvalue weighted by atomic mass is 32.1. The van der Waals surface area contributed by atoms with Crippen molar-refractivity contribution < 1.29 is 0 Å². The van der Waals surface area contributed by atoms with Gasteiger partial charge in [0.2, 0.25) is 0 Å². The van der Waals surface area contributed by atoms with Crippen LogP contribution in [0.15, 0.2) is 6.07 Å². The summed E-state index contributed by atoms with van der Waals surface area (Å²) in [7, 11) is 4.42. The molecule has 1 fully saturated rings. The highest BCUT2D eigenvalue weighted by molar-refractivity contribution is 7.12. The van der Waals surface area contributed by atoms with E-state index < -0.39 is 0 Å². The van der Waals surface area contributed by atoms with Crippen LogP contribution >= 0.6 is 11.3 Å². The van der Waals surface area contributed by atoms with Gasteiger partial charge in [-0.2, -0.15) is 0 Å². The third-order valence-electron chi connectivity index (χ3n) is 4.36. The number of likely N-dealkylation sites (N-methyl/N-ethyl adjacent to an activating group) is 1. The average Bonchev–Trinajstić information content (AvgIpc) is 2.77. The van der Waals surface area contributed by atoms with Gasteiger partial charge in [-0.05, 0) is 52.0 Å². The van der Waals surface area contributed by atoms with Crippen LogP contribution in [0.2, 0.25) is 0 Å². The summed E-state index contributed by atoms with van der Waals surface area (Å²) >= 11 is 1.95. The van der Waals surface area contributed by atoms with E-state index >= 15 is 0 Å². The van der Waals surface area contributed by atoms with Crippen LogP contribution in [0.4, 0.5) is 0 Å². The van der Waals surface area contributed by atoms with Gasteiger partial charge in [0, 0.05) is 41.5 Å². The van der Waals surface area contributed by atoms with E-state index in [1.54, 1.807) is 0 Å². The maximum atomic E-state index is 3.52. The van der Waals surface area contributed by atoms with Crippen LogP contribution in [0.3, 0.4) is 0 Å². The van der Waals surface area contributed by atoms with Crippen LogP contribution < -0.4 is 5.32 Å². The summed E-state index contributed by atoms with van der Waals surface area (Å²) in [5.74, 6) is 0. The predicted molar refractivity (Wildman–Crippen MR) is 93.0 cm³/mol. The number of piperidine rings is 1. The molecule has 0 radical (unpaired) electrons. The zero-order valence-corrected chi connectivity index (χ0v) is 15.1. The minimum Gasteiger partial charge on any atom is -0.310 e. The molecule has 1 atom stereocenters. The Labute approximate surface area is 134 Å². The van der Waals surface area contributed by atoms with Gasteiger partial charge in [-0.1, -0.05) is 13.8 Å². The van der Waals surface area contributed by atoms with Crippen molar-refractivity contribution in [3.63, 3.8) is 0 Å². The fraction of sp³-hybridized carbons (Fsp3) is 0.765. The minimum absolute atomic E-state index is 0.554. The first-order valence-corrected chi connectivity index (χ1v) is 8.97. The Bertz CT molecular complexity index is 439. The quantitative estimate of drug-likeness (QED) is 0.871. The smallest absolute Gasteiger partial charge is 0.0302 e. The topological polar surface area (TPSA) is 18.5 Å². The van der Waals surface area contributed by atoms with Gasteiger partial charge in [-0.25, -0.2) is 0 Å². The molecule has 1 unspecified atom stereocenters. The van der Waals surface area contributed by atoms with Gasteiger partial charge in [0.05, 0.1) is 0 Å². The second kappa shape index (κ2) is 7.73. The molecule has 0 amide bonds. The summed E-state index contributed by atoms with van der Waals surface area (Å²) in [6, 6.07) is 3.69. The van der Waals surface area contributed by atoms with Gasteiger partial charge in [0.25, 0.3) is 0 Å². The molecule has 1 aliphatic heterocycles. The second-order valence-corrected chi connectivity index (χ2v) is 8.17. The molecule has 1 aliphatic rings. The van der Waals surface area contributed by atoms with E-state index in [0.29, 0.717) is 6.04 Å². The number of thiophene rings is 1. The van der Waals surface area contributed by atoms with Crippen molar-refractivity contribution in [2.45, 2.75) is 58.8 Å². The summed E-state index contributed by atoms with van der Waals surface area (Å²) in [6.45, 7) is 11.3. The van der Waals surface area contributed by atoms with Crippen LogP contribution in [0.5, 0.6) is 0 Å². The molecule has 0 spiro atoms. The number of hydrogen-bond acceptors (Lipinski definition) is 4. The number of likely N-dealkylation sites (tertiary alicyclic amines) is 1. The highest BCUT2D eigenvalue weighted by Crippen LogP contribution is 2.24. The average molecular weight is 310 g/mol. The Morgan fingerprint density at radius 2 is 2.19 bits per heavy atom. The van der Waals surface area contributed by atoms with Crippen LogP contribution in [-0.2, 0) is 13.1 Å². The lowest BCUT2D eigenvalue weighted by Crippen LogP contribution is -2.44. The zero-order valence-electron chi connectivity index (χ0n) is 14.3. The van der Waals surface area contributed by atoms with Gasteiger partial charge in [-0.3, -0.25) is 4.90 Å². The lowest BCUT2D eigenvalue weighted by atomic mass is 10.0. The maximum absolute atomic E-state index is 3.52. The molecule has 0 saturated carbocycles. The van der Waals surface area contributed by atoms with E-state index in [1.807, 2.05) is 11.3 Å². The molecule has 1 aromatic heterocycles. The van der Waals surface area contributed by atoms with E-state index in [-0.39, 0.29) is 0 Å². The fourth-order valence-corrected chi connectivity index (χ4v) is 3.98. The van der Waals surface area contributed by atoms with E-state index in [0.717, 1.165) is 19.1 Å². The van der Waals surface area contributed by atoms with Crippen LogP contribution in [0.25, 0.3) is 0 Å². The number of rotatable bonds is 6. The molecule has 120 valence electrons.